The second-order valence-corrected chi connectivity index (χ2v) is 3.17. The summed E-state index contributed by atoms with van der Waals surface area (Å²) in [6.45, 7) is 3.51. The third-order valence-corrected chi connectivity index (χ3v) is 2.20. The van der Waals surface area contributed by atoms with Crippen LogP contribution in [-0.4, -0.2) is 36.5 Å². The highest BCUT2D eigenvalue weighted by atomic mass is 79.9. The van der Waals surface area contributed by atoms with Gasteiger partial charge in [-0.05, 0) is 13.8 Å². The van der Waals surface area contributed by atoms with Crippen molar-refractivity contribution in [3.05, 3.63) is 0 Å². The highest BCUT2D eigenvalue weighted by Crippen LogP contribution is 2.10. The highest BCUT2D eigenvalue weighted by Gasteiger charge is 2.31. The van der Waals surface area contributed by atoms with Crippen molar-refractivity contribution in [1.82, 2.24) is 0 Å². The van der Waals surface area contributed by atoms with E-state index in [0.717, 1.165) is 0 Å². The van der Waals surface area contributed by atoms with Crippen LogP contribution >= 0.6 is 15.9 Å². The molecule has 0 fully saturated rings. The Labute approximate surface area is 98.8 Å². The number of nitrogens with two attached hydrogens (primary N) is 1. The molecule has 0 aliphatic rings. The first-order chi connectivity index (χ1) is 7.43. The molecule has 5 nitrogen and oxygen atoms in total. The Hall–Kier alpha value is -0.620. The number of ether oxygens (including phenoxy) is 2. The van der Waals surface area contributed by atoms with Gasteiger partial charge in [0.25, 0.3) is 0 Å². The lowest BCUT2D eigenvalue weighted by molar-refractivity contribution is -0.155. The zero-order chi connectivity index (χ0) is 12.8. The van der Waals surface area contributed by atoms with Crippen LogP contribution in [0.1, 0.15) is 15.2 Å². The first-order valence-corrected chi connectivity index (χ1v) is 5.71. The maximum absolute atomic E-state index is 11.5. The van der Waals surface area contributed by atoms with E-state index >= 15 is 0 Å². The van der Waals surface area contributed by atoms with Gasteiger partial charge in [-0.15, -0.1) is 0 Å². The Morgan fingerprint density at radius 2 is 1.80 bits per heavy atom. The van der Waals surface area contributed by atoms with Gasteiger partial charge >= 0.3 is 11.9 Å². The predicted octanol–water partition coefficient (Wildman–Crippen LogP) is 0.451. The molecule has 0 spiro atoms. The van der Waals surface area contributed by atoms with E-state index in [1.54, 1.807) is 13.8 Å². The Kier molecular flexibility index (Phi) is 6.34. The fourth-order valence-corrected chi connectivity index (χ4v) is 1.44. The second kappa shape index (κ2) is 7.64. The lowest BCUT2D eigenvalue weighted by Gasteiger charge is -2.18. The molecule has 0 heterocycles. The number of hydrogen-bond acceptors (Lipinski definition) is 5. The summed E-state index contributed by atoms with van der Waals surface area (Å²) >= 11 is 2.99. The predicted molar refractivity (Wildman–Crippen MR) is 58.5 cm³/mol. The molecule has 0 aliphatic heterocycles. The average molecular weight is 283 g/mol. The molecule has 0 saturated heterocycles. The minimum absolute atomic E-state index is 0.0984. The van der Waals surface area contributed by atoms with E-state index in [9.17, 15) is 9.59 Å². The summed E-state index contributed by atoms with van der Waals surface area (Å²) < 4.78 is 17.2. The van der Waals surface area contributed by atoms with E-state index in [1.807, 2.05) is 0 Å². The number of carbonyl (C=O) groups is 2. The Morgan fingerprint density at radius 1 is 1.33 bits per heavy atom. The topological polar surface area (TPSA) is 78.6 Å². The minimum atomic E-state index is -1.86. The first kappa shape index (κ1) is 12.4. The van der Waals surface area contributed by atoms with Gasteiger partial charge in [0.05, 0.1) is 19.1 Å². The molecule has 6 heteroatoms. The van der Waals surface area contributed by atoms with Crippen molar-refractivity contribution >= 4 is 27.9 Å². The van der Waals surface area contributed by atoms with Crippen molar-refractivity contribution in [3.8, 4) is 0 Å². The molecule has 0 aromatic rings. The molecular weight excluding hydrogens is 266 g/mol. The normalized spacial score (nSPS) is 17.2. The molecule has 0 amide bonds. The highest BCUT2D eigenvalue weighted by molar-refractivity contribution is 9.09. The summed E-state index contributed by atoms with van der Waals surface area (Å²) in [6.07, 6.45) is 0. The van der Waals surface area contributed by atoms with E-state index in [1.165, 1.54) is 0 Å². The summed E-state index contributed by atoms with van der Waals surface area (Å²) in [5.41, 5.74) is 5.53. The SMILES string of the molecule is [2H]C(CBr)(C(=O)OCC)C(N)C(=O)OCC. The van der Waals surface area contributed by atoms with E-state index in [0.29, 0.717) is 0 Å². The molecule has 2 N–H and O–H groups in total. The van der Waals surface area contributed by atoms with E-state index in [2.05, 4.69) is 20.7 Å². The van der Waals surface area contributed by atoms with Gasteiger partial charge in [0.1, 0.15) is 6.04 Å². The number of rotatable bonds is 6. The Balaban J connectivity index is 4.80. The summed E-state index contributed by atoms with van der Waals surface area (Å²) in [5.74, 6) is -3.49. The van der Waals surface area contributed by atoms with Crippen LogP contribution in [0, 0.1) is 5.89 Å². The van der Waals surface area contributed by atoms with Gasteiger partial charge in [-0.3, -0.25) is 9.59 Å². The van der Waals surface area contributed by atoms with E-state index < -0.39 is 23.9 Å². The smallest absolute Gasteiger partial charge is 0.323 e. The minimum Gasteiger partial charge on any atom is -0.466 e. The molecule has 15 heavy (non-hydrogen) atoms. The van der Waals surface area contributed by atoms with Crippen LogP contribution in [0.4, 0.5) is 0 Å². The average Bonchev–Trinajstić information content (AvgIpc) is 2.27. The van der Waals surface area contributed by atoms with Gasteiger partial charge in [0, 0.05) is 6.70 Å². The molecule has 0 aromatic carbocycles. The number of carbonyl (C=O) groups excluding carboxylic acids is 2. The second-order valence-electron chi connectivity index (χ2n) is 2.61. The van der Waals surface area contributed by atoms with Crippen LogP contribution in [0.3, 0.4) is 0 Å². The molecule has 0 aromatic heterocycles. The van der Waals surface area contributed by atoms with Crippen molar-refractivity contribution in [2.75, 3.05) is 18.5 Å². The van der Waals surface area contributed by atoms with Crippen molar-refractivity contribution < 1.29 is 20.4 Å². The van der Waals surface area contributed by atoms with E-state index in [4.69, 9.17) is 11.8 Å². The molecule has 0 bridgehead atoms. The molecule has 0 aliphatic carbocycles. The fourth-order valence-electron chi connectivity index (χ4n) is 0.863. The quantitative estimate of drug-likeness (QED) is 0.565. The summed E-state index contributed by atoms with van der Waals surface area (Å²) in [4.78, 5) is 22.9. The monoisotopic (exact) mass is 282 g/mol. The van der Waals surface area contributed by atoms with E-state index in [-0.39, 0.29) is 18.5 Å². The summed E-state index contributed by atoms with van der Waals surface area (Å²) in [7, 11) is 0. The zero-order valence-corrected chi connectivity index (χ0v) is 10.4. The van der Waals surface area contributed by atoms with Gasteiger partial charge in [-0.25, -0.2) is 0 Å². The maximum Gasteiger partial charge on any atom is 0.323 e. The lowest BCUT2D eigenvalue weighted by Crippen LogP contribution is -2.44. The summed E-state index contributed by atoms with van der Waals surface area (Å²) in [6, 6.07) is -1.37. The fraction of sp³-hybridized carbons (Fsp3) is 0.778. The van der Waals surface area contributed by atoms with Crippen LogP contribution in [0.15, 0.2) is 0 Å². The molecule has 88 valence electrons. The first-order valence-electron chi connectivity index (χ1n) is 5.09. The zero-order valence-electron chi connectivity index (χ0n) is 9.79. The van der Waals surface area contributed by atoms with Gasteiger partial charge in [-0.2, -0.15) is 0 Å². The Morgan fingerprint density at radius 3 is 2.20 bits per heavy atom. The summed E-state index contributed by atoms with van der Waals surface area (Å²) in [5, 5.41) is -0.0984. The standard InChI is InChI=1S/C9H16BrNO4/c1-3-14-8(12)6(5-10)7(11)9(13)15-4-2/h6-7H,3-5,11H2,1-2H3/i6D. The molecule has 0 radical (unpaired) electrons. The van der Waals surface area contributed by atoms with Crippen LogP contribution in [0.25, 0.3) is 0 Å². The van der Waals surface area contributed by atoms with Crippen molar-refractivity contribution in [3.63, 3.8) is 0 Å². The number of hydrogen-bond donors (Lipinski definition) is 1. The third kappa shape index (κ3) is 4.61. The van der Waals surface area contributed by atoms with Gasteiger partial charge in [-0.1, -0.05) is 15.9 Å². The molecule has 0 saturated carbocycles. The van der Waals surface area contributed by atoms with Crippen LogP contribution < -0.4 is 5.73 Å². The van der Waals surface area contributed by atoms with Gasteiger partial charge < -0.3 is 15.2 Å². The van der Waals surface area contributed by atoms with Crippen LogP contribution in [-0.2, 0) is 19.1 Å². The number of esters is 2. The van der Waals surface area contributed by atoms with Crippen molar-refractivity contribution in [2.24, 2.45) is 11.6 Å². The largest absolute Gasteiger partial charge is 0.466 e. The van der Waals surface area contributed by atoms with Crippen LogP contribution in [0.2, 0.25) is 0 Å². The van der Waals surface area contributed by atoms with Gasteiger partial charge in [0.15, 0.2) is 0 Å². The van der Waals surface area contributed by atoms with Crippen LogP contribution in [0.5, 0.6) is 0 Å². The Bertz CT molecular complexity index is 264. The van der Waals surface area contributed by atoms with Crippen molar-refractivity contribution in [1.29, 1.82) is 0 Å². The van der Waals surface area contributed by atoms with Gasteiger partial charge in [0.2, 0.25) is 0 Å². The maximum atomic E-state index is 11.5. The molecule has 2 atom stereocenters. The molecule has 2 unspecified atom stereocenters. The molecule has 0 rings (SSSR count). The number of alkyl halides is 1. The lowest BCUT2D eigenvalue weighted by atomic mass is 10.0. The molecular formula is C9H16BrNO4. The number of halogens is 1. The van der Waals surface area contributed by atoms with Crippen molar-refractivity contribution in [2.45, 2.75) is 19.9 Å². The third-order valence-electron chi connectivity index (χ3n) is 1.60.